The number of ether oxygens (including phenoxy) is 1. The van der Waals surface area contributed by atoms with Crippen LogP contribution in [0.3, 0.4) is 0 Å². The van der Waals surface area contributed by atoms with Crippen molar-refractivity contribution < 1.29 is 13.2 Å². The van der Waals surface area contributed by atoms with E-state index in [4.69, 9.17) is 16.3 Å². The van der Waals surface area contributed by atoms with Crippen molar-refractivity contribution >= 4 is 72.1 Å². The second kappa shape index (κ2) is 14.1. The van der Waals surface area contributed by atoms with Gasteiger partial charge in [0.15, 0.2) is 0 Å². The fourth-order valence-electron chi connectivity index (χ4n) is 5.79. The molecule has 2 fully saturated rings. The summed E-state index contributed by atoms with van der Waals surface area (Å²) in [6.07, 6.45) is 5.90. The molecule has 238 valence electrons. The SMILES string of the molecule is CCc1cc(Nc2ncc(Br)c(Nc3cc(Cl)ccc3NS(C)(=O)=O)n2)c(OC)cc1N1CCC(N2CCN(C)CC2)CC1. The molecular weight excluding hydrogens is 668 g/mol. The number of anilines is 6. The first kappa shape index (κ1) is 32.6. The van der Waals surface area contributed by atoms with Crippen LogP contribution in [0.15, 0.2) is 41.0 Å². The summed E-state index contributed by atoms with van der Waals surface area (Å²) < 4.78 is 32.7. The van der Waals surface area contributed by atoms with Crippen molar-refractivity contribution in [3.8, 4) is 5.75 Å². The van der Waals surface area contributed by atoms with Crippen LogP contribution in [0.5, 0.6) is 5.75 Å². The third-order valence-corrected chi connectivity index (χ3v) is 9.57. The van der Waals surface area contributed by atoms with Crippen LogP contribution in [0.25, 0.3) is 0 Å². The summed E-state index contributed by atoms with van der Waals surface area (Å²) in [5, 5.41) is 6.94. The van der Waals surface area contributed by atoms with Crippen molar-refractivity contribution in [1.82, 2.24) is 19.8 Å². The predicted molar refractivity (Wildman–Crippen MR) is 183 cm³/mol. The number of nitrogens with one attached hydrogen (secondary N) is 3. The molecule has 0 atom stereocenters. The number of nitrogens with zero attached hydrogens (tertiary/aromatic N) is 5. The van der Waals surface area contributed by atoms with Crippen LogP contribution in [0.2, 0.25) is 5.02 Å². The molecule has 0 aliphatic carbocycles. The molecule has 5 rings (SSSR count). The molecule has 2 aliphatic heterocycles. The van der Waals surface area contributed by atoms with Crippen LogP contribution < -0.4 is 25.0 Å². The standard InChI is InChI=1S/C30H40BrClN8O3S/c1-5-20-16-26(28(43-3)18-27(20)40-10-8-22(9-11-40)39-14-12-38(2)13-15-39)35-30-33-19-23(31)29(36-30)34-25-17-21(32)6-7-24(25)37-44(4,41)42/h6-7,16-19,22,37H,5,8-15H2,1-4H3,(H2,33,34,35,36). The van der Waals surface area contributed by atoms with Gasteiger partial charge in [-0.25, -0.2) is 13.4 Å². The third-order valence-electron chi connectivity index (χ3n) is 8.16. The minimum Gasteiger partial charge on any atom is -0.494 e. The normalized spacial score (nSPS) is 17.0. The minimum atomic E-state index is -3.51. The zero-order valence-electron chi connectivity index (χ0n) is 25.5. The average Bonchev–Trinajstić information content (AvgIpc) is 3.00. The number of piperazine rings is 1. The Bertz CT molecular complexity index is 1580. The number of hydrogen-bond acceptors (Lipinski definition) is 10. The van der Waals surface area contributed by atoms with Gasteiger partial charge in [-0.05, 0) is 72.1 Å². The number of hydrogen-bond donors (Lipinski definition) is 3. The molecule has 3 aromatic rings. The Morgan fingerprint density at radius 1 is 1.02 bits per heavy atom. The largest absolute Gasteiger partial charge is 0.494 e. The van der Waals surface area contributed by atoms with E-state index in [0.29, 0.717) is 44.4 Å². The summed E-state index contributed by atoms with van der Waals surface area (Å²) in [6.45, 7) is 8.80. The summed E-state index contributed by atoms with van der Waals surface area (Å²) in [5.74, 6) is 1.47. The van der Waals surface area contributed by atoms with Crippen LogP contribution in [-0.4, -0.2) is 93.9 Å². The highest BCUT2D eigenvalue weighted by Crippen LogP contribution is 2.38. The molecule has 2 aromatic carbocycles. The highest BCUT2D eigenvalue weighted by Gasteiger charge is 2.28. The van der Waals surface area contributed by atoms with Gasteiger partial charge in [-0.3, -0.25) is 9.62 Å². The smallest absolute Gasteiger partial charge is 0.229 e. The molecule has 3 N–H and O–H groups in total. The van der Waals surface area contributed by atoms with Crippen molar-refractivity contribution in [3.05, 3.63) is 51.6 Å². The van der Waals surface area contributed by atoms with E-state index in [0.717, 1.165) is 70.5 Å². The van der Waals surface area contributed by atoms with E-state index in [1.807, 2.05) is 0 Å². The minimum absolute atomic E-state index is 0.342. The number of likely N-dealkylation sites (N-methyl/N-ethyl adjacent to an activating group) is 1. The van der Waals surface area contributed by atoms with Gasteiger partial charge in [0.05, 0.1) is 34.9 Å². The van der Waals surface area contributed by atoms with E-state index in [-0.39, 0.29) is 0 Å². The first-order valence-corrected chi connectivity index (χ1v) is 17.8. The summed E-state index contributed by atoms with van der Waals surface area (Å²) in [5.41, 5.74) is 3.97. The van der Waals surface area contributed by atoms with Gasteiger partial charge in [0.2, 0.25) is 16.0 Å². The topological polar surface area (TPSA) is 115 Å². The van der Waals surface area contributed by atoms with Gasteiger partial charge in [0.25, 0.3) is 0 Å². The molecule has 14 heteroatoms. The monoisotopic (exact) mass is 706 g/mol. The molecule has 2 saturated heterocycles. The second-order valence-electron chi connectivity index (χ2n) is 11.3. The molecule has 1 aromatic heterocycles. The van der Waals surface area contributed by atoms with Crippen molar-refractivity contribution in [1.29, 1.82) is 0 Å². The lowest BCUT2D eigenvalue weighted by molar-refractivity contribution is 0.0982. The number of aromatic nitrogens is 2. The van der Waals surface area contributed by atoms with Crippen LogP contribution in [0.1, 0.15) is 25.3 Å². The van der Waals surface area contributed by atoms with Gasteiger partial charge in [0.1, 0.15) is 11.6 Å². The van der Waals surface area contributed by atoms with Crippen molar-refractivity contribution in [2.45, 2.75) is 32.2 Å². The second-order valence-corrected chi connectivity index (χ2v) is 14.3. The molecule has 0 spiro atoms. The maximum Gasteiger partial charge on any atom is 0.229 e. The Balaban J connectivity index is 1.34. The number of halogens is 2. The Morgan fingerprint density at radius 2 is 1.75 bits per heavy atom. The molecule has 0 saturated carbocycles. The lowest BCUT2D eigenvalue weighted by Gasteiger charge is -2.43. The van der Waals surface area contributed by atoms with Crippen LogP contribution in [-0.2, 0) is 16.4 Å². The quantitative estimate of drug-likeness (QED) is 0.248. The third kappa shape index (κ3) is 8.05. The first-order chi connectivity index (χ1) is 21.0. The summed E-state index contributed by atoms with van der Waals surface area (Å²) >= 11 is 9.71. The van der Waals surface area contributed by atoms with Crippen molar-refractivity contribution in [2.24, 2.45) is 0 Å². The van der Waals surface area contributed by atoms with Gasteiger partial charge in [0, 0.05) is 68.3 Å². The highest BCUT2D eigenvalue weighted by molar-refractivity contribution is 9.10. The van der Waals surface area contributed by atoms with E-state index in [1.165, 1.54) is 11.3 Å². The van der Waals surface area contributed by atoms with Crippen LogP contribution in [0, 0.1) is 0 Å². The fourth-order valence-corrected chi connectivity index (χ4v) is 6.83. The number of sulfonamides is 1. The Hall–Kier alpha value is -2.84. The lowest BCUT2D eigenvalue weighted by Crippen LogP contribution is -2.52. The molecule has 2 aliphatic rings. The molecule has 0 unspecified atom stereocenters. The van der Waals surface area contributed by atoms with Gasteiger partial charge in [-0.1, -0.05) is 18.5 Å². The first-order valence-electron chi connectivity index (χ1n) is 14.8. The molecule has 0 amide bonds. The Morgan fingerprint density at radius 3 is 2.41 bits per heavy atom. The molecule has 0 radical (unpaired) electrons. The van der Waals surface area contributed by atoms with Gasteiger partial charge < -0.3 is 25.2 Å². The molecule has 44 heavy (non-hydrogen) atoms. The summed E-state index contributed by atoms with van der Waals surface area (Å²) in [7, 11) is 0.359. The lowest BCUT2D eigenvalue weighted by atomic mass is 9.99. The van der Waals surface area contributed by atoms with Crippen molar-refractivity contribution in [2.75, 3.05) is 79.9 Å². The maximum absolute atomic E-state index is 11.9. The highest BCUT2D eigenvalue weighted by atomic mass is 79.9. The predicted octanol–water partition coefficient (Wildman–Crippen LogP) is 5.54. The Labute approximate surface area is 273 Å². The van der Waals surface area contributed by atoms with Crippen molar-refractivity contribution in [3.63, 3.8) is 0 Å². The van der Waals surface area contributed by atoms with Gasteiger partial charge in [-0.15, -0.1) is 0 Å². The zero-order valence-corrected chi connectivity index (χ0v) is 28.7. The van der Waals surface area contributed by atoms with Gasteiger partial charge >= 0.3 is 0 Å². The fraction of sp³-hybridized carbons (Fsp3) is 0.467. The summed E-state index contributed by atoms with van der Waals surface area (Å²) in [6, 6.07) is 9.71. The average molecular weight is 708 g/mol. The number of rotatable bonds is 10. The van der Waals surface area contributed by atoms with Gasteiger partial charge in [-0.2, -0.15) is 4.98 Å². The molecular formula is C30H40BrClN8O3S. The molecule has 11 nitrogen and oxygen atoms in total. The molecule has 3 heterocycles. The Kier molecular flexibility index (Phi) is 10.4. The number of benzene rings is 2. The number of methoxy groups -OCH3 is 1. The number of piperidine rings is 1. The summed E-state index contributed by atoms with van der Waals surface area (Å²) in [4.78, 5) is 16.7. The number of aryl methyl sites for hydroxylation is 1. The van der Waals surface area contributed by atoms with E-state index >= 15 is 0 Å². The van der Waals surface area contributed by atoms with E-state index < -0.39 is 10.0 Å². The van der Waals surface area contributed by atoms with E-state index in [2.05, 4.69) is 82.1 Å². The van der Waals surface area contributed by atoms with E-state index in [1.54, 1.807) is 31.5 Å². The van der Waals surface area contributed by atoms with E-state index in [9.17, 15) is 8.42 Å². The van der Waals surface area contributed by atoms with Crippen LogP contribution in [0.4, 0.5) is 34.5 Å². The zero-order chi connectivity index (χ0) is 31.4. The van der Waals surface area contributed by atoms with Crippen LogP contribution >= 0.6 is 27.5 Å². The maximum atomic E-state index is 11.9. The molecule has 0 bridgehead atoms.